The first-order valence-electron chi connectivity index (χ1n) is 6.37. The Labute approximate surface area is 95.4 Å². The molecule has 1 fully saturated rings. The molecule has 0 radical (unpaired) electrons. The highest BCUT2D eigenvalue weighted by Gasteiger charge is 2.40. The predicted molar refractivity (Wildman–Crippen MR) is 67.2 cm³/mol. The van der Waals surface area contributed by atoms with E-state index in [0.29, 0.717) is 11.0 Å². The van der Waals surface area contributed by atoms with Crippen LogP contribution in [0.3, 0.4) is 0 Å². The first-order chi connectivity index (χ1) is 6.92. The molecule has 1 heterocycles. The summed E-state index contributed by atoms with van der Waals surface area (Å²) in [7, 11) is 0. The third-order valence-electron chi connectivity index (χ3n) is 4.44. The molecule has 0 amide bonds. The van der Waals surface area contributed by atoms with Crippen LogP contribution in [0.5, 0.6) is 0 Å². The summed E-state index contributed by atoms with van der Waals surface area (Å²) < 4.78 is 0. The third-order valence-corrected chi connectivity index (χ3v) is 4.44. The zero-order valence-electron chi connectivity index (χ0n) is 11.2. The first kappa shape index (κ1) is 13.0. The van der Waals surface area contributed by atoms with Crippen molar-refractivity contribution in [3.05, 3.63) is 0 Å². The molecule has 1 rings (SSSR count). The van der Waals surface area contributed by atoms with Crippen molar-refractivity contribution in [1.29, 1.82) is 0 Å². The maximum absolute atomic E-state index is 3.43. The highest BCUT2D eigenvalue weighted by Crippen LogP contribution is 2.39. The molecule has 2 nitrogen and oxygen atoms in total. The monoisotopic (exact) mass is 212 g/mol. The number of nitrogens with zero attached hydrogens (tertiary/aromatic N) is 1. The van der Waals surface area contributed by atoms with Crippen LogP contribution in [0, 0.1) is 5.41 Å². The van der Waals surface area contributed by atoms with E-state index < -0.39 is 0 Å². The fourth-order valence-corrected chi connectivity index (χ4v) is 2.58. The Kier molecular flexibility index (Phi) is 4.19. The van der Waals surface area contributed by atoms with Crippen LogP contribution in [-0.4, -0.2) is 36.6 Å². The van der Waals surface area contributed by atoms with E-state index in [1.165, 1.54) is 25.9 Å². The molecule has 1 saturated heterocycles. The normalized spacial score (nSPS) is 20.6. The molecule has 0 bridgehead atoms. The summed E-state index contributed by atoms with van der Waals surface area (Å²) in [6, 6.07) is 0. The minimum absolute atomic E-state index is 0.311. The Hall–Kier alpha value is -0.0800. The summed E-state index contributed by atoms with van der Waals surface area (Å²) in [5.74, 6) is 0. The van der Waals surface area contributed by atoms with Crippen LogP contribution in [0.2, 0.25) is 0 Å². The lowest BCUT2D eigenvalue weighted by molar-refractivity contribution is -0.00238. The molecule has 15 heavy (non-hydrogen) atoms. The van der Waals surface area contributed by atoms with Gasteiger partial charge in [0.2, 0.25) is 0 Å². The molecule has 0 aromatic carbocycles. The van der Waals surface area contributed by atoms with Gasteiger partial charge in [-0.1, -0.05) is 27.2 Å². The molecule has 0 saturated carbocycles. The van der Waals surface area contributed by atoms with Gasteiger partial charge in [-0.3, -0.25) is 4.90 Å². The van der Waals surface area contributed by atoms with E-state index in [2.05, 4.69) is 44.8 Å². The van der Waals surface area contributed by atoms with Crippen molar-refractivity contribution in [3.8, 4) is 0 Å². The van der Waals surface area contributed by atoms with Crippen molar-refractivity contribution < 1.29 is 0 Å². The van der Waals surface area contributed by atoms with E-state index in [1.54, 1.807) is 0 Å². The number of hydrogen-bond donors (Lipinski definition) is 1. The molecule has 0 aliphatic carbocycles. The topological polar surface area (TPSA) is 15.3 Å². The van der Waals surface area contributed by atoms with E-state index in [1.807, 2.05) is 0 Å². The van der Waals surface area contributed by atoms with Crippen LogP contribution < -0.4 is 5.32 Å². The Bertz CT molecular complexity index is 191. The van der Waals surface area contributed by atoms with Gasteiger partial charge in [-0.05, 0) is 25.7 Å². The molecule has 1 N–H and O–H groups in total. The quantitative estimate of drug-likeness (QED) is 0.770. The SMILES string of the molecule is CCCC(C)(C)C(C)(C)N1CCNCC1. The molecule has 0 spiro atoms. The molecule has 2 heteroatoms. The van der Waals surface area contributed by atoms with Crippen LogP contribution in [0.4, 0.5) is 0 Å². The van der Waals surface area contributed by atoms with Gasteiger partial charge in [0, 0.05) is 31.7 Å². The van der Waals surface area contributed by atoms with E-state index in [0.717, 1.165) is 13.1 Å². The Morgan fingerprint density at radius 2 is 1.60 bits per heavy atom. The van der Waals surface area contributed by atoms with Crippen LogP contribution in [0.15, 0.2) is 0 Å². The standard InChI is InChI=1S/C13H28N2/c1-6-7-12(2,3)13(4,5)15-10-8-14-9-11-15/h14H,6-11H2,1-5H3. The summed E-state index contributed by atoms with van der Waals surface area (Å²) in [5.41, 5.74) is 0.712. The lowest BCUT2D eigenvalue weighted by Crippen LogP contribution is -2.59. The van der Waals surface area contributed by atoms with Gasteiger partial charge in [0.25, 0.3) is 0 Å². The second-order valence-corrected chi connectivity index (χ2v) is 5.93. The van der Waals surface area contributed by atoms with Gasteiger partial charge in [0.15, 0.2) is 0 Å². The lowest BCUT2D eigenvalue weighted by atomic mass is 9.70. The van der Waals surface area contributed by atoms with E-state index in [9.17, 15) is 0 Å². The smallest absolute Gasteiger partial charge is 0.0205 e. The van der Waals surface area contributed by atoms with E-state index >= 15 is 0 Å². The highest BCUT2D eigenvalue weighted by atomic mass is 15.2. The Balaban J connectivity index is 2.70. The van der Waals surface area contributed by atoms with Gasteiger partial charge in [-0.15, -0.1) is 0 Å². The van der Waals surface area contributed by atoms with Crippen molar-refractivity contribution in [2.75, 3.05) is 26.2 Å². The van der Waals surface area contributed by atoms with E-state index in [4.69, 9.17) is 0 Å². The van der Waals surface area contributed by atoms with Crippen molar-refractivity contribution in [2.45, 2.75) is 53.0 Å². The van der Waals surface area contributed by atoms with Gasteiger partial charge in [0.1, 0.15) is 0 Å². The molecule has 90 valence electrons. The zero-order valence-corrected chi connectivity index (χ0v) is 11.2. The van der Waals surface area contributed by atoms with Gasteiger partial charge in [0.05, 0.1) is 0 Å². The van der Waals surface area contributed by atoms with Gasteiger partial charge >= 0.3 is 0 Å². The molecule has 0 unspecified atom stereocenters. The highest BCUT2D eigenvalue weighted by molar-refractivity contribution is 4.96. The maximum Gasteiger partial charge on any atom is 0.0205 e. The Morgan fingerprint density at radius 3 is 2.07 bits per heavy atom. The fourth-order valence-electron chi connectivity index (χ4n) is 2.58. The van der Waals surface area contributed by atoms with Gasteiger partial charge in [-0.2, -0.15) is 0 Å². The number of nitrogens with one attached hydrogen (secondary N) is 1. The average molecular weight is 212 g/mol. The van der Waals surface area contributed by atoms with Crippen LogP contribution >= 0.6 is 0 Å². The predicted octanol–water partition coefficient (Wildman–Crippen LogP) is 2.50. The van der Waals surface area contributed by atoms with E-state index in [-0.39, 0.29) is 0 Å². The maximum atomic E-state index is 3.43. The molecule has 1 aliphatic heterocycles. The average Bonchev–Trinajstić information content (AvgIpc) is 2.19. The van der Waals surface area contributed by atoms with Crippen LogP contribution in [-0.2, 0) is 0 Å². The fraction of sp³-hybridized carbons (Fsp3) is 1.00. The van der Waals surface area contributed by atoms with Crippen molar-refractivity contribution >= 4 is 0 Å². The Morgan fingerprint density at radius 1 is 1.07 bits per heavy atom. The third kappa shape index (κ3) is 2.73. The number of hydrogen-bond acceptors (Lipinski definition) is 2. The molecular formula is C13H28N2. The van der Waals surface area contributed by atoms with Crippen molar-refractivity contribution in [2.24, 2.45) is 5.41 Å². The van der Waals surface area contributed by atoms with Crippen LogP contribution in [0.1, 0.15) is 47.5 Å². The first-order valence-corrected chi connectivity index (χ1v) is 6.37. The molecule has 0 aromatic rings. The largest absolute Gasteiger partial charge is 0.314 e. The van der Waals surface area contributed by atoms with Gasteiger partial charge in [-0.25, -0.2) is 0 Å². The minimum atomic E-state index is 0.311. The molecule has 0 atom stereocenters. The summed E-state index contributed by atoms with van der Waals surface area (Å²) in [5, 5.41) is 3.43. The summed E-state index contributed by atoms with van der Waals surface area (Å²) >= 11 is 0. The van der Waals surface area contributed by atoms with Crippen molar-refractivity contribution in [3.63, 3.8) is 0 Å². The molecular weight excluding hydrogens is 184 g/mol. The van der Waals surface area contributed by atoms with Crippen LogP contribution in [0.25, 0.3) is 0 Å². The number of piperazine rings is 1. The molecule has 0 aromatic heterocycles. The number of rotatable bonds is 4. The second kappa shape index (κ2) is 4.84. The van der Waals surface area contributed by atoms with Crippen molar-refractivity contribution in [1.82, 2.24) is 10.2 Å². The second-order valence-electron chi connectivity index (χ2n) is 5.93. The minimum Gasteiger partial charge on any atom is -0.314 e. The molecule has 1 aliphatic rings. The summed E-state index contributed by atoms with van der Waals surface area (Å²) in [6.07, 6.45) is 2.59. The summed E-state index contributed by atoms with van der Waals surface area (Å²) in [4.78, 5) is 2.65. The zero-order chi connectivity index (χ0) is 11.5. The summed E-state index contributed by atoms with van der Waals surface area (Å²) in [6.45, 7) is 16.6. The van der Waals surface area contributed by atoms with Gasteiger partial charge < -0.3 is 5.32 Å². The lowest BCUT2D eigenvalue weighted by Gasteiger charge is -2.51.